The first-order valence-electron chi connectivity index (χ1n) is 7.21. The molecule has 22 heavy (non-hydrogen) atoms. The zero-order valence-electron chi connectivity index (χ0n) is 12.6. The maximum atomic E-state index is 12.6. The average molecular weight is 295 g/mol. The van der Waals surface area contributed by atoms with E-state index in [0.717, 1.165) is 23.2 Å². The molecule has 0 fully saturated rings. The number of nitrogens with zero attached hydrogens (tertiary/aromatic N) is 1. The van der Waals surface area contributed by atoms with Crippen LogP contribution >= 0.6 is 0 Å². The summed E-state index contributed by atoms with van der Waals surface area (Å²) in [5.41, 5.74) is 4.07. The Morgan fingerprint density at radius 1 is 1.09 bits per heavy atom. The van der Waals surface area contributed by atoms with Crippen molar-refractivity contribution in [3.8, 4) is 0 Å². The minimum atomic E-state index is -0.340. The van der Waals surface area contributed by atoms with Crippen LogP contribution in [-0.4, -0.2) is 25.5 Å². The minimum absolute atomic E-state index is 0.00966. The summed E-state index contributed by atoms with van der Waals surface area (Å²) in [5, 5.41) is 0. The molecule has 4 heteroatoms. The predicted octanol–water partition coefficient (Wildman–Crippen LogP) is 2.98. The molecule has 0 spiro atoms. The van der Waals surface area contributed by atoms with E-state index in [4.69, 9.17) is 4.74 Å². The number of anilines is 1. The van der Waals surface area contributed by atoms with Gasteiger partial charge in [-0.25, -0.2) is 4.79 Å². The Morgan fingerprint density at radius 2 is 1.82 bits per heavy atom. The Morgan fingerprint density at radius 3 is 2.50 bits per heavy atom. The summed E-state index contributed by atoms with van der Waals surface area (Å²) in [6.45, 7) is 2.54. The van der Waals surface area contributed by atoms with E-state index in [1.807, 2.05) is 43.3 Å². The Balaban J connectivity index is 1.98. The van der Waals surface area contributed by atoms with E-state index in [-0.39, 0.29) is 11.9 Å². The highest BCUT2D eigenvalue weighted by molar-refractivity contribution is 6.07. The molecule has 0 unspecified atom stereocenters. The fraction of sp³-hybridized carbons (Fsp3) is 0.222. The van der Waals surface area contributed by atoms with Crippen molar-refractivity contribution in [3.05, 3.63) is 64.7 Å². The van der Waals surface area contributed by atoms with E-state index in [0.29, 0.717) is 17.7 Å². The van der Waals surface area contributed by atoms with Crippen LogP contribution in [0.25, 0.3) is 0 Å². The molecule has 2 aromatic rings. The lowest BCUT2D eigenvalue weighted by Crippen LogP contribution is -2.28. The van der Waals surface area contributed by atoms with Crippen LogP contribution in [0.3, 0.4) is 0 Å². The molecule has 112 valence electrons. The van der Waals surface area contributed by atoms with Crippen LogP contribution in [0.15, 0.2) is 42.5 Å². The van der Waals surface area contributed by atoms with E-state index in [1.54, 1.807) is 11.0 Å². The predicted molar refractivity (Wildman–Crippen MR) is 84.3 cm³/mol. The molecule has 0 radical (unpaired) electrons. The van der Waals surface area contributed by atoms with E-state index in [9.17, 15) is 9.59 Å². The largest absolute Gasteiger partial charge is 0.465 e. The van der Waals surface area contributed by atoms with Gasteiger partial charge in [0.15, 0.2) is 0 Å². The molecule has 0 aliphatic carbocycles. The smallest absolute Gasteiger partial charge is 0.338 e. The van der Waals surface area contributed by atoms with E-state index in [1.165, 1.54) is 7.11 Å². The quantitative estimate of drug-likeness (QED) is 0.800. The van der Waals surface area contributed by atoms with Crippen molar-refractivity contribution in [3.63, 3.8) is 0 Å². The first-order valence-corrected chi connectivity index (χ1v) is 7.21. The number of fused-ring (bicyclic) bond motifs is 1. The summed E-state index contributed by atoms with van der Waals surface area (Å²) in [5.74, 6) is -0.349. The van der Waals surface area contributed by atoms with E-state index in [2.05, 4.69) is 0 Å². The monoisotopic (exact) mass is 295 g/mol. The summed E-state index contributed by atoms with van der Waals surface area (Å²) in [6.07, 6.45) is 0.755. The SMILES string of the molecule is COC(=O)c1ccc2c(c1C)CCN2C(=O)c1ccccc1. The van der Waals surface area contributed by atoms with Gasteiger partial charge in [-0.15, -0.1) is 0 Å². The van der Waals surface area contributed by atoms with Gasteiger partial charge in [0, 0.05) is 17.8 Å². The molecule has 0 saturated carbocycles. The second-order valence-corrected chi connectivity index (χ2v) is 5.30. The highest BCUT2D eigenvalue weighted by atomic mass is 16.5. The van der Waals surface area contributed by atoms with Crippen LogP contribution in [0, 0.1) is 6.92 Å². The number of esters is 1. The Labute approximate surface area is 129 Å². The van der Waals surface area contributed by atoms with Crippen molar-refractivity contribution < 1.29 is 14.3 Å². The summed E-state index contributed by atoms with van der Waals surface area (Å²) < 4.78 is 4.80. The highest BCUT2D eigenvalue weighted by Crippen LogP contribution is 2.33. The maximum Gasteiger partial charge on any atom is 0.338 e. The van der Waals surface area contributed by atoms with Crippen LogP contribution in [-0.2, 0) is 11.2 Å². The maximum absolute atomic E-state index is 12.6. The zero-order valence-corrected chi connectivity index (χ0v) is 12.6. The first kappa shape index (κ1) is 14.3. The van der Waals surface area contributed by atoms with Gasteiger partial charge in [0.2, 0.25) is 0 Å². The van der Waals surface area contributed by atoms with Crippen molar-refractivity contribution in [1.82, 2.24) is 0 Å². The molecule has 1 aliphatic heterocycles. The van der Waals surface area contributed by atoms with Crippen molar-refractivity contribution >= 4 is 17.6 Å². The van der Waals surface area contributed by atoms with Crippen LogP contribution in [0.2, 0.25) is 0 Å². The van der Waals surface area contributed by atoms with Gasteiger partial charge in [0.1, 0.15) is 0 Å². The molecule has 0 atom stereocenters. The van der Waals surface area contributed by atoms with Crippen LogP contribution in [0.4, 0.5) is 5.69 Å². The van der Waals surface area contributed by atoms with Gasteiger partial charge in [-0.3, -0.25) is 4.79 Å². The average Bonchev–Trinajstić information content (AvgIpc) is 2.99. The lowest BCUT2D eigenvalue weighted by molar-refractivity contribution is 0.0599. The number of hydrogen-bond acceptors (Lipinski definition) is 3. The van der Waals surface area contributed by atoms with Gasteiger partial charge in [-0.1, -0.05) is 18.2 Å². The number of rotatable bonds is 2. The van der Waals surface area contributed by atoms with Crippen LogP contribution in [0.1, 0.15) is 31.8 Å². The van der Waals surface area contributed by atoms with Crippen molar-refractivity contribution in [2.75, 3.05) is 18.6 Å². The van der Waals surface area contributed by atoms with Gasteiger partial charge in [0.25, 0.3) is 5.91 Å². The molecule has 3 rings (SSSR count). The molecule has 0 bridgehead atoms. The van der Waals surface area contributed by atoms with Gasteiger partial charge < -0.3 is 9.64 Å². The van der Waals surface area contributed by atoms with E-state index < -0.39 is 0 Å². The molecule has 1 aliphatic rings. The minimum Gasteiger partial charge on any atom is -0.465 e. The molecular weight excluding hydrogens is 278 g/mol. The molecular formula is C18H17NO3. The number of hydrogen-bond donors (Lipinski definition) is 0. The Bertz CT molecular complexity index is 737. The molecule has 2 aromatic carbocycles. The van der Waals surface area contributed by atoms with Crippen molar-refractivity contribution in [1.29, 1.82) is 0 Å². The molecule has 0 N–H and O–H groups in total. The van der Waals surface area contributed by atoms with E-state index >= 15 is 0 Å². The second kappa shape index (κ2) is 5.64. The van der Waals surface area contributed by atoms with Crippen molar-refractivity contribution in [2.24, 2.45) is 0 Å². The van der Waals surface area contributed by atoms with Crippen LogP contribution < -0.4 is 4.90 Å². The summed E-state index contributed by atoms with van der Waals surface area (Å²) in [4.78, 5) is 26.2. The van der Waals surface area contributed by atoms with Gasteiger partial charge in [0.05, 0.1) is 12.7 Å². The zero-order chi connectivity index (χ0) is 15.7. The molecule has 0 aromatic heterocycles. The molecule has 1 heterocycles. The number of carbonyl (C=O) groups is 2. The fourth-order valence-electron chi connectivity index (χ4n) is 2.93. The third kappa shape index (κ3) is 2.26. The van der Waals surface area contributed by atoms with Gasteiger partial charge >= 0.3 is 5.97 Å². The second-order valence-electron chi connectivity index (χ2n) is 5.30. The highest BCUT2D eigenvalue weighted by Gasteiger charge is 2.28. The fourth-order valence-corrected chi connectivity index (χ4v) is 2.93. The topological polar surface area (TPSA) is 46.6 Å². The van der Waals surface area contributed by atoms with Crippen molar-refractivity contribution in [2.45, 2.75) is 13.3 Å². The van der Waals surface area contributed by atoms with Crippen LogP contribution in [0.5, 0.6) is 0 Å². The Kier molecular flexibility index (Phi) is 3.67. The number of benzene rings is 2. The standard InChI is InChI=1S/C18H17NO3/c1-12-14-10-11-19(17(20)13-6-4-3-5-7-13)16(14)9-8-15(12)18(21)22-2/h3-9H,10-11H2,1-2H3. The molecule has 4 nitrogen and oxygen atoms in total. The first-order chi connectivity index (χ1) is 10.6. The van der Waals surface area contributed by atoms with Gasteiger partial charge in [-0.2, -0.15) is 0 Å². The summed E-state index contributed by atoms with van der Waals surface area (Å²) in [6, 6.07) is 12.8. The molecule has 0 saturated heterocycles. The summed E-state index contributed by atoms with van der Waals surface area (Å²) >= 11 is 0. The summed E-state index contributed by atoms with van der Waals surface area (Å²) in [7, 11) is 1.38. The normalized spacial score (nSPS) is 12.9. The van der Waals surface area contributed by atoms with Gasteiger partial charge in [-0.05, 0) is 48.7 Å². The Hall–Kier alpha value is -2.62. The number of amides is 1. The number of ether oxygens (including phenoxy) is 1. The lowest BCUT2D eigenvalue weighted by Gasteiger charge is -2.18. The third-order valence-electron chi connectivity index (χ3n) is 4.12. The molecule has 1 amide bonds. The third-order valence-corrected chi connectivity index (χ3v) is 4.12. The lowest BCUT2D eigenvalue weighted by atomic mass is 10.00. The number of methoxy groups -OCH3 is 1. The number of carbonyl (C=O) groups excluding carboxylic acids is 2.